The minimum absolute atomic E-state index is 0.0863. The molecule has 15 heavy (non-hydrogen) atoms. The van der Waals surface area contributed by atoms with E-state index in [2.05, 4.69) is 5.16 Å². The van der Waals surface area contributed by atoms with Crippen molar-refractivity contribution in [1.29, 1.82) is 0 Å². The van der Waals surface area contributed by atoms with Gasteiger partial charge in [0, 0.05) is 12.6 Å². The standard InChI is InChI=1S/C9H10N2O4/c12-8(7-3-4-10-15-7)11-5-1-2-6(11)9(13)14/h3-4,6H,1-2,5H2,(H,13,14)/t6-/m1/s1. The molecular weight excluding hydrogens is 200 g/mol. The summed E-state index contributed by atoms with van der Waals surface area (Å²) in [5.41, 5.74) is 0. The Bertz CT molecular complexity index is 373. The van der Waals surface area contributed by atoms with Crippen LogP contribution in [-0.4, -0.2) is 39.6 Å². The number of aliphatic carboxylic acids is 1. The molecule has 0 saturated carbocycles. The number of carbonyl (C=O) groups is 2. The summed E-state index contributed by atoms with van der Waals surface area (Å²) in [6.07, 6.45) is 2.56. The number of carbonyl (C=O) groups excluding carboxylic acids is 1. The van der Waals surface area contributed by atoms with E-state index in [4.69, 9.17) is 9.63 Å². The summed E-state index contributed by atoms with van der Waals surface area (Å²) in [6.45, 7) is 0.455. The number of likely N-dealkylation sites (tertiary alicyclic amines) is 1. The Hall–Kier alpha value is -1.85. The van der Waals surface area contributed by atoms with Gasteiger partial charge in [0.15, 0.2) is 0 Å². The summed E-state index contributed by atoms with van der Waals surface area (Å²) in [5.74, 6) is -1.29. The van der Waals surface area contributed by atoms with Gasteiger partial charge in [0.25, 0.3) is 5.91 Å². The first-order chi connectivity index (χ1) is 7.20. The highest BCUT2D eigenvalue weighted by Crippen LogP contribution is 2.19. The molecule has 1 fully saturated rings. The number of rotatable bonds is 2. The highest BCUT2D eigenvalue weighted by molar-refractivity contribution is 5.94. The van der Waals surface area contributed by atoms with Gasteiger partial charge < -0.3 is 14.5 Å². The summed E-state index contributed by atoms with van der Waals surface area (Å²) >= 11 is 0. The Morgan fingerprint density at radius 2 is 2.40 bits per heavy atom. The Labute approximate surface area is 85.5 Å². The maximum atomic E-state index is 11.8. The topological polar surface area (TPSA) is 83.6 Å². The zero-order valence-corrected chi connectivity index (χ0v) is 7.92. The van der Waals surface area contributed by atoms with Crippen LogP contribution in [-0.2, 0) is 4.79 Å². The van der Waals surface area contributed by atoms with E-state index in [-0.39, 0.29) is 5.76 Å². The monoisotopic (exact) mass is 210 g/mol. The second kappa shape index (κ2) is 3.72. The van der Waals surface area contributed by atoms with Crippen LogP contribution >= 0.6 is 0 Å². The van der Waals surface area contributed by atoms with Crippen LogP contribution < -0.4 is 0 Å². The first kappa shape index (κ1) is 9.70. The largest absolute Gasteiger partial charge is 0.480 e. The fourth-order valence-corrected chi connectivity index (χ4v) is 1.73. The summed E-state index contributed by atoms with van der Waals surface area (Å²) in [7, 11) is 0. The molecule has 1 atom stereocenters. The van der Waals surface area contributed by atoms with Crippen LogP contribution in [0.1, 0.15) is 23.4 Å². The molecule has 1 aliphatic heterocycles. The first-order valence-corrected chi connectivity index (χ1v) is 4.64. The molecule has 1 aromatic rings. The molecule has 1 N–H and O–H groups in total. The maximum absolute atomic E-state index is 11.8. The minimum atomic E-state index is -0.972. The Kier molecular flexibility index (Phi) is 2.40. The van der Waals surface area contributed by atoms with Crippen molar-refractivity contribution in [2.45, 2.75) is 18.9 Å². The van der Waals surface area contributed by atoms with Crippen LogP contribution in [0, 0.1) is 0 Å². The van der Waals surface area contributed by atoms with Gasteiger partial charge in [-0.2, -0.15) is 0 Å². The molecule has 0 radical (unpaired) electrons. The van der Waals surface area contributed by atoms with Crippen LogP contribution in [0.3, 0.4) is 0 Å². The van der Waals surface area contributed by atoms with Gasteiger partial charge in [-0.3, -0.25) is 4.79 Å². The van der Waals surface area contributed by atoms with Crippen molar-refractivity contribution in [1.82, 2.24) is 10.1 Å². The molecular formula is C9H10N2O4. The molecule has 0 aromatic carbocycles. The number of amides is 1. The van der Waals surface area contributed by atoms with Crippen LogP contribution in [0.4, 0.5) is 0 Å². The average molecular weight is 210 g/mol. The summed E-state index contributed by atoms with van der Waals surface area (Å²) in [6, 6.07) is 0.696. The van der Waals surface area contributed by atoms with Crippen molar-refractivity contribution in [2.75, 3.05) is 6.54 Å². The van der Waals surface area contributed by atoms with Crippen LogP contribution in [0.5, 0.6) is 0 Å². The lowest BCUT2D eigenvalue weighted by molar-refractivity contribution is -0.141. The summed E-state index contributed by atoms with van der Waals surface area (Å²) in [5, 5.41) is 12.3. The third kappa shape index (κ3) is 1.70. The van der Waals surface area contributed by atoms with E-state index in [1.54, 1.807) is 0 Å². The summed E-state index contributed by atoms with van der Waals surface area (Å²) < 4.78 is 4.70. The van der Waals surface area contributed by atoms with E-state index >= 15 is 0 Å². The number of carboxylic acid groups (broad SMARTS) is 1. The van der Waals surface area contributed by atoms with Gasteiger partial charge in [-0.25, -0.2) is 4.79 Å². The second-order valence-corrected chi connectivity index (χ2v) is 3.37. The first-order valence-electron chi connectivity index (χ1n) is 4.64. The van der Waals surface area contributed by atoms with E-state index in [1.807, 2.05) is 0 Å². The number of nitrogens with zero attached hydrogens (tertiary/aromatic N) is 2. The molecule has 1 aliphatic rings. The summed E-state index contributed by atoms with van der Waals surface area (Å²) in [4.78, 5) is 23.9. The van der Waals surface area contributed by atoms with Crippen molar-refractivity contribution in [3.05, 3.63) is 18.0 Å². The van der Waals surface area contributed by atoms with Gasteiger partial charge in [0.05, 0.1) is 6.20 Å². The maximum Gasteiger partial charge on any atom is 0.326 e. The van der Waals surface area contributed by atoms with Gasteiger partial charge in [-0.1, -0.05) is 5.16 Å². The lowest BCUT2D eigenvalue weighted by Gasteiger charge is -2.19. The van der Waals surface area contributed by atoms with Crippen LogP contribution in [0.15, 0.2) is 16.8 Å². The number of aromatic nitrogens is 1. The highest BCUT2D eigenvalue weighted by atomic mass is 16.5. The third-order valence-corrected chi connectivity index (χ3v) is 2.45. The Balaban J connectivity index is 2.17. The lowest BCUT2D eigenvalue weighted by Crippen LogP contribution is -2.40. The molecule has 80 valence electrons. The molecule has 1 amide bonds. The number of carboxylic acids is 1. The molecule has 6 nitrogen and oxygen atoms in total. The smallest absolute Gasteiger partial charge is 0.326 e. The SMILES string of the molecule is O=C(O)[C@H]1CCCN1C(=O)c1ccno1. The van der Waals surface area contributed by atoms with E-state index in [1.165, 1.54) is 17.2 Å². The highest BCUT2D eigenvalue weighted by Gasteiger charge is 2.35. The van der Waals surface area contributed by atoms with Crippen molar-refractivity contribution < 1.29 is 19.2 Å². The average Bonchev–Trinajstić information content (AvgIpc) is 2.88. The van der Waals surface area contributed by atoms with E-state index in [0.29, 0.717) is 19.4 Å². The van der Waals surface area contributed by atoms with Crippen LogP contribution in [0.2, 0.25) is 0 Å². The van der Waals surface area contributed by atoms with Crippen molar-refractivity contribution in [3.8, 4) is 0 Å². The van der Waals surface area contributed by atoms with E-state index in [9.17, 15) is 9.59 Å². The zero-order valence-electron chi connectivity index (χ0n) is 7.92. The molecule has 0 spiro atoms. The molecule has 1 aromatic heterocycles. The molecule has 0 bridgehead atoms. The molecule has 2 rings (SSSR count). The predicted octanol–water partition coefficient (Wildman–Crippen LogP) is 0.364. The van der Waals surface area contributed by atoms with Crippen molar-refractivity contribution in [3.63, 3.8) is 0 Å². The zero-order chi connectivity index (χ0) is 10.8. The number of hydrogen-bond acceptors (Lipinski definition) is 4. The molecule has 2 heterocycles. The third-order valence-electron chi connectivity index (χ3n) is 2.45. The van der Waals surface area contributed by atoms with Gasteiger partial charge >= 0.3 is 5.97 Å². The molecule has 1 saturated heterocycles. The van der Waals surface area contributed by atoms with E-state index in [0.717, 1.165) is 0 Å². The molecule has 0 unspecified atom stereocenters. The normalized spacial score (nSPS) is 20.5. The van der Waals surface area contributed by atoms with Gasteiger partial charge in [0.1, 0.15) is 6.04 Å². The van der Waals surface area contributed by atoms with Gasteiger partial charge in [0.2, 0.25) is 5.76 Å². The van der Waals surface area contributed by atoms with Crippen LogP contribution in [0.25, 0.3) is 0 Å². The Morgan fingerprint density at radius 3 is 3.00 bits per heavy atom. The Morgan fingerprint density at radius 1 is 1.60 bits per heavy atom. The van der Waals surface area contributed by atoms with E-state index < -0.39 is 17.9 Å². The number of hydrogen-bond donors (Lipinski definition) is 1. The lowest BCUT2D eigenvalue weighted by atomic mass is 10.2. The fraction of sp³-hybridized carbons (Fsp3) is 0.444. The molecule has 6 heteroatoms. The fourth-order valence-electron chi connectivity index (χ4n) is 1.73. The minimum Gasteiger partial charge on any atom is -0.480 e. The van der Waals surface area contributed by atoms with Gasteiger partial charge in [-0.15, -0.1) is 0 Å². The van der Waals surface area contributed by atoms with Crippen molar-refractivity contribution >= 4 is 11.9 Å². The van der Waals surface area contributed by atoms with Gasteiger partial charge in [-0.05, 0) is 12.8 Å². The van der Waals surface area contributed by atoms with Crippen molar-refractivity contribution in [2.24, 2.45) is 0 Å². The quantitative estimate of drug-likeness (QED) is 0.762. The predicted molar refractivity (Wildman–Crippen MR) is 48.2 cm³/mol. The molecule has 0 aliphatic carbocycles. The second-order valence-electron chi connectivity index (χ2n) is 3.37.